The van der Waals surface area contributed by atoms with Crippen LogP contribution in [0.15, 0.2) is 24.0 Å². The molecule has 6 heteroatoms. The molecule has 1 aromatic carbocycles. The summed E-state index contributed by atoms with van der Waals surface area (Å²) in [5, 5.41) is 0.785. The quantitative estimate of drug-likeness (QED) is 0.614. The first-order chi connectivity index (χ1) is 12.1. The number of halogens is 2. The third kappa shape index (κ3) is 3.49. The van der Waals surface area contributed by atoms with E-state index in [1.54, 1.807) is 39.0 Å². The van der Waals surface area contributed by atoms with Crippen LogP contribution in [0.3, 0.4) is 0 Å². The second-order valence-electron chi connectivity index (χ2n) is 7.91. The van der Waals surface area contributed by atoms with E-state index in [2.05, 4.69) is 0 Å². The second-order valence-corrected chi connectivity index (χ2v) is 8.76. The van der Waals surface area contributed by atoms with E-state index in [1.165, 1.54) is 0 Å². The van der Waals surface area contributed by atoms with Gasteiger partial charge in [-0.3, -0.25) is 4.79 Å². The fourth-order valence-corrected chi connectivity index (χ4v) is 3.86. The van der Waals surface area contributed by atoms with Gasteiger partial charge >= 0.3 is 11.9 Å². The fraction of sp³-hybridized carbons (Fsp3) is 0.500. The predicted molar refractivity (Wildman–Crippen MR) is 101 cm³/mol. The minimum atomic E-state index is -0.880. The average Bonchev–Trinajstić information content (AvgIpc) is 2.79. The van der Waals surface area contributed by atoms with Gasteiger partial charge < -0.3 is 9.47 Å². The van der Waals surface area contributed by atoms with Gasteiger partial charge in [-0.25, -0.2) is 4.79 Å². The smallest absolute Gasteiger partial charge is 0.343 e. The molecule has 3 rings (SSSR count). The highest BCUT2D eigenvalue weighted by Gasteiger charge is 2.52. The summed E-state index contributed by atoms with van der Waals surface area (Å²) in [6.45, 7) is 5.32. The van der Waals surface area contributed by atoms with Gasteiger partial charge in [0.2, 0.25) is 0 Å². The van der Waals surface area contributed by atoms with Gasteiger partial charge in [0.1, 0.15) is 5.57 Å². The highest BCUT2D eigenvalue weighted by molar-refractivity contribution is 6.37. The number of carbonyl (C=O) groups is 2. The Morgan fingerprint density at radius 2 is 1.81 bits per heavy atom. The van der Waals surface area contributed by atoms with E-state index in [1.807, 2.05) is 0 Å². The maximum atomic E-state index is 12.8. The summed E-state index contributed by atoms with van der Waals surface area (Å²) in [7, 11) is 0. The molecule has 1 fully saturated rings. The first-order valence-electron chi connectivity index (χ1n) is 8.80. The largest absolute Gasteiger partial charge is 0.447 e. The van der Waals surface area contributed by atoms with Crippen molar-refractivity contribution >= 4 is 40.7 Å². The fourth-order valence-electron chi connectivity index (χ4n) is 3.36. The number of esters is 2. The van der Waals surface area contributed by atoms with Crippen LogP contribution in [-0.2, 0) is 19.1 Å². The molecule has 0 bridgehead atoms. The van der Waals surface area contributed by atoms with Crippen LogP contribution in [0.1, 0.15) is 58.4 Å². The van der Waals surface area contributed by atoms with Gasteiger partial charge in [-0.15, -0.1) is 0 Å². The van der Waals surface area contributed by atoms with Crippen molar-refractivity contribution in [2.45, 2.75) is 58.5 Å². The summed E-state index contributed by atoms with van der Waals surface area (Å²) in [4.78, 5) is 25.4. The monoisotopic (exact) mass is 396 g/mol. The molecular weight excluding hydrogens is 375 g/mol. The molecule has 0 N–H and O–H groups in total. The van der Waals surface area contributed by atoms with E-state index in [-0.39, 0.29) is 5.57 Å². The van der Waals surface area contributed by atoms with Crippen molar-refractivity contribution in [3.05, 3.63) is 39.6 Å². The van der Waals surface area contributed by atoms with E-state index < -0.39 is 23.0 Å². The van der Waals surface area contributed by atoms with E-state index in [0.29, 0.717) is 34.2 Å². The zero-order chi connectivity index (χ0) is 19.1. The van der Waals surface area contributed by atoms with Gasteiger partial charge in [0.25, 0.3) is 0 Å². The zero-order valence-electron chi connectivity index (χ0n) is 15.2. The van der Waals surface area contributed by atoms with Crippen molar-refractivity contribution < 1.29 is 19.1 Å². The molecule has 1 aliphatic carbocycles. The number of ether oxygens (including phenoxy) is 2. The molecule has 4 nitrogen and oxygen atoms in total. The minimum Gasteiger partial charge on any atom is -0.447 e. The lowest BCUT2D eigenvalue weighted by Crippen LogP contribution is -2.37. The SMILES string of the molecule is CC(C)(C)C(=O)OC1=C(c2ccc(Cl)cc2Cl)C(=O)OC12CCCCC2. The summed E-state index contributed by atoms with van der Waals surface area (Å²) >= 11 is 12.3. The summed E-state index contributed by atoms with van der Waals surface area (Å²) < 4.78 is 11.6. The molecule has 0 unspecified atom stereocenters. The van der Waals surface area contributed by atoms with Crippen LogP contribution < -0.4 is 0 Å². The van der Waals surface area contributed by atoms with Crippen LogP contribution >= 0.6 is 23.2 Å². The van der Waals surface area contributed by atoms with Crippen LogP contribution in [0.25, 0.3) is 5.57 Å². The Morgan fingerprint density at radius 3 is 2.38 bits per heavy atom. The molecule has 0 radical (unpaired) electrons. The van der Waals surface area contributed by atoms with Gasteiger partial charge in [0.15, 0.2) is 11.4 Å². The topological polar surface area (TPSA) is 52.6 Å². The molecule has 1 aliphatic heterocycles. The van der Waals surface area contributed by atoms with Crippen LogP contribution in [0.2, 0.25) is 10.0 Å². The van der Waals surface area contributed by atoms with Crippen LogP contribution in [0.4, 0.5) is 0 Å². The second kappa shape index (κ2) is 6.90. The number of rotatable bonds is 2. The molecule has 0 amide bonds. The summed E-state index contributed by atoms with van der Waals surface area (Å²) in [5.74, 6) is -0.613. The van der Waals surface area contributed by atoms with Crippen LogP contribution in [0, 0.1) is 5.41 Å². The van der Waals surface area contributed by atoms with Crippen LogP contribution in [0.5, 0.6) is 0 Å². The molecule has 26 heavy (non-hydrogen) atoms. The summed E-state index contributed by atoms with van der Waals surface area (Å²) in [5.41, 5.74) is -0.885. The van der Waals surface area contributed by atoms with Crippen molar-refractivity contribution in [1.82, 2.24) is 0 Å². The van der Waals surface area contributed by atoms with Crippen molar-refractivity contribution in [3.63, 3.8) is 0 Å². The molecule has 0 saturated heterocycles. The first-order valence-corrected chi connectivity index (χ1v) is 9.55. The Balaban J connectivity index is 2.15. The van der Waals surface area contributed by atoms with Crippen molar-refractivity contribution in [1.29, 1.82) is 0 Å². The van der Waals surface area contributed by atoms with E-state index >= 15 is 0 Å². The molecule has 0 atom stereocenters. The number of carbonyl (C=O) groups excluding carboxylic acids is 2. The molecule has 1 saturated carbocycles. The van der Waals surface area contributed by atoms with Crippen molar-refractivity contribution in [2.24, 2.45) is 5.41 Å². The van der Waals surface area contributed by atoms with Crippen molar-refractivity contribution in [3.8, 4) is 0 Å². The first kappa shape index (κ1) is 19.2. The van der Waals surface area contributed by atoms with E-state index in [0.717, 1.165) is 19.3 Å². The molecule has 1 aromatic rings. The lowest BCUT2D eigenvalue weighted by atomic mass is 9.82. The minimum absolute atomic E-state index is 0.228. The Bertz CT molecular complexity index is 783. The maximum Gasteiger partial charge on any atom is 0.343 e. The van der Waals surface area contributed by atoms with E-state index in [4.69, 9.17) is 32.7 Å². The van der Waals surface area contributed by atoms with Gasteiger partial charge in [-0.1, -0.05) is 35.7 Å². The van der Waals surface area contributed by atoms with Crippen LogP contribution in [-0.4, -0.2) is 17.5 Å². The number of benzene rings is 1. The highest BCUT2D eigenvalue weighted by atomic mass is 35.5. The number of hydrogen-bond donors (Lipinski definition) is 0. The van der Waals surface area contributed by atoms with Gasteiger partial charge in [-0.2, -0.15) is 0 Å². The number of hydrogen-bond acceptors (Lipinski definition) is 4. The van der Waals surface area contributed by atoms with Gasteiger partial charge in [0, 0.05) is 10.6 Å². The molecule has 0 aromatic heterocycles. The lowest BCUT2D eigenvalue weighted by molar-refractivity contribution is -0.159. The molecule has 2 aliphatic rings. The normalized spacial score (nSPS) is 19.7. The predicted octanol–water partition coefficient (Wildman–Crippen LogP) is 5.55. The lowest BCUT2D eigenvalue weighted by Gasteiger charge is -2.34. The molecule has 140 valence electrons. The van der Waals surface area contributed by atoms with E-state index in [9.17, 15) is 9.59 Å². The standard InChI is InChI=1S/C20H22Cl2O4/c1-19(2,3)18(24)25-16-15(13-8-7-12(21)11-14(13)22)17(23)26-20(16)9-5-4-6-10-20/h7-8,11H,4-6,9-10H2,1-3H3. The third-order valence-corrected chi connectivity index (χ3v) is 5.35. The molecule has 1 spiro atoms. The summed E-state index contributed by atoms with van der Waals surface area (Å²) in [6.07, 6.45) is 4.16. The van der Waals surface area contributed by atoms with Crippen molar-refractivity contribution in [2.75, 3.05) is 0 Å². The maximum absolute atomic E-state index is 12.8. The zero-order valence-corrected chi connectivity index (χ0v) is 16.7. The Kier molecular flexibility index (Phi) is 5.11. The molecular formula is C20H22Cl2O4. The average molecular weight is 397 g/mol. The Labute approximate surface area is 163 Å². The Hall–Kier alpha value is -1.52. The summed E-state index contributed by atoms with van der Waals surface area (Å²) in [6, 6.07) is 4.87. The highest BCUT2D eigenvalue weighted by Crippen LogP contribution is 2.48. The van der Waals surface area contributed by atoms with Gasteiger partial charge in [-0.05, 0) is 58.6 Å². The Morgan fingerprint density at radius 1 is 1.15 bits per heavy atom. The third-order valence-electron chi connectivity index (χ3n) is 4.80. The molecule has 1 heterocycles. The van der Waals surface area contributed by atoms with Gasteiger partial charge in [0.05, 0.1) is 10.4 Å².